The van der Waals surface area contributed by atoms with E-state index in [-0.39, 0.29) is 24.8 Å². The third-order valence-corrected chi connectivity index (χ3v) is 8.19. The lowest BCUT2D eigenvalue weighted by molar-refractivity contribution is 0.294. The molecule has 38 heavy (non-hydrogen) atoms. The molecule has 0 bridgehead atoms. The van der Waals surface area contributed by atoms with Gasteiger partial charge in [0.15, 0.2) is 0 Å². The molecule has 0 amide bonds. The first-order valence-electron chi connectivity index (χ1n) is 12.1. The predicted molar refractivity (Wildman–Crippen MR) is 172 cm³/mol. The summed E-state index contributed by atoms with van der Waals surface area (Å²) in [7, 11) is 3.85. The maximum Gasteiger partial charge on any atom is 0.232 e. The normalized spacial score (nSPS) is 10.5. The van der Waals surface area contributed by atoms with Crippen LogP contribution in [-0.4, -0.2) is 60.9 Å². The molecule has 0 saturated carbocycles. The number of pyridine rings is 2. The highest BCUT2D eigenvalue weighted by Crippen LogP contribution is 2.25. The van der Waals surface area contributed by atoms with E-state index in [1.165, 1.54) is 0 Å². The largest absolute Gasteiger partial charge is 0.477 e. The molecule has 0 atom stereocenters. The number of unbranched alkanes of at least 4 members (excludes halogenated alkanes) is 4. The monoisotopic (exact) mass is 686 g/mol. The first-order chi connectivity index (χ1) is 17.6. The molecule has 0 aliphatic carbocycles. The quantitative estimate of drug-likeness (QED) is 0.100. The number of hydrogen-bond donors (Lipinski definition) is 2. The lowest BCUT2D eigenvalue weighted by atomic mass is 10.2. The average molecular weight is 689 g/mol. The van der Waals surface area contributed by atoms with E-state index >= 15 is 0 Å². The Kier molecular flexibility index (Phi) is 25.2. The number of nitrogens with one attached hydrogen (secondary N) is 2. The molecular formula is C24H36Cl6N4O2S2. The second kappa shape index (κ2) is 25.0. The zero-order valence-electron chi connectivity index (χ0n) is 21.1. The number of nitrogens with zero attached hydrogens (tertiary/aromatic N) is 2. The Labute approximate surface area is 267 Å². The van der Waals surface area contributed by atoms with Crippen molar-refractivity contribution in [1.82, 2.24) is 20.6 Å². The second-order valence-corrected chi connectivity index (χ2v) is 12.2. The van der Waals surface area contributed by atoms with Crippen molar-refractivity contribution < 1.29 is 9.47 Å². The number of rotatable bonds is 21. The Morgan fingerprint density at radius 2 is 1.03 bits per heavy atom. The molecule has 2 N–H and O–H groups in total. The van der Waals surface area contributed by atoms with Gasteiger partial charge in [0.25, 0.3) is 0 Å². The fourth-order valence-electron chi connectivity index (χ4n) is 3.01. The third kappa shape index (κ3) is 18.6. The fourth-order valence-corrected chi connectivity index (χ4v) is 5.77. The number of halogens is 6. The van der Waals surface area contributed by atoms with Gasteiger partial charge in [-0.1, -0.05) is 68.0 Å². The summed E-state index contributed by atoms with van der Waals surface area (Å²) >= 11 is 23.7. The number of aromatic nitrogens is 2. The van der Waals surface area contributed by atoms with Gasteiger partial charge in [-0.3, -0.25) is 0 Å². The van der Waals surface area contributed by atoms with Crippen LogP contribution >= 0.6 is 92.8 Å². The van der Waals surface area contributed by atoms with Crippen LogP contribution in [0.15, 0.2) is 24.5 Å². The molecule has 0 saturated heterocycles. The zero-order chi connectivity index (χ0) is 25.8. The molecule has 2 heterocycles. The smallest absolute Gasteiger partial charge is 0.232 e. The van der Waals surface area contributed by atoms with Crippen LogP contribution in [0.3, 0.4) is 0 Å². The van der Waals surface area contributed by atoms with E-state index in [4.69, 9.17) is 55.9 Å². The molecule has 2 rings (SSSR count). The summed E-state index contributed by atoms with van der Waals surface area (Å²) in [6.45, 7) is 5.35. The summed E-state index contributed by atoms with van der Waals surface area (Å²) in [5.74, 6) is 3.12. The first-order valence-corrected chi connectivity index (χ1v) is 16.1. The topological polar surface area (TPSA) is 68.3 Å². The SMILES string of the molecule is Cl.Cl.Clc1cnc(OCCCCCNCCSSCCNCCCCCOc2ncc(Cl)cc2Cl)c(Cl)c1. The van der Waals surface area contributed by atoms with Crippen molar-refractivity contribution in [2.24, 2.45) is 0 Å². The van der Waals surface area contributed by atoms with Crippen molar-refractivity contribution in [3.63, 3.8) is 0 Å². The molecule has 0 radical (unpaired) electrons. The number of ether oxygens (including phenoxy) is 2. The minimum absolute atomic E-state index is 0. The Morgan fingerprint density at radius 1 is 0.605 bits per heavy atom. The zero-order valence-corrected chi connectivity index (χ0v) is 27.4. The van der Waals surface area contributed by atoms with Crippen molar-refractivity contribution >= 4 is 92.8 Å². The number of hydrogen-bond acceptors (Lipinski definition) is 8. The van der Waals surface area contributed by atoms with E-state index < -0.39 is 0 Å². The molecule has 218 valence electrons. The maximum atomic E-state index is 6.04. The fraction of sp³-hybridized carbons (Fsp3) is 0.583. The van der Waals surface area contributed by atoms with Crippen LogP contribution < -0.4 is 20.1 Å². The minimum atomic E-state index is 0. The van der Waals surface area contributed by atoms with Gasteiger partial charge < -0.3 is 20.1 Å². The summed E-state index contributed by atoms with van der Waals surface area (Å²) in [5, 5.41) is 8.91. The van der Waals surface area contributed by atoms with Gasteiger partial charge in [0.1, 0.15) is 10.0 Å². The van der Waals surface area contributed by atoms with Gasteiger partial charge in [0.2, 0.25) is 11.8 Å². The van der Waals surface area contributed by atoms with Crippen molar-refractivity contribution in [1.29, 1.82) is 0 Å². The standard InChI is InChI=1S/C24H34Cl4N4O2S2.2ClH/c25-19-15-21(27)23(31-17-19)33-11-5-1-3-7-29-9-13-35-36-14-10-30-8-4-2-6-12-34-24-22(28)16-20(26)18-32-24;;/h15-18,29-30H,1-14H2;2*1H. The van der Waals surface area contributed by atoms with Crippen LogP contribution in [0.2, 0.25) is 20.1 Å². The average Bonchev–Trinajstić information content (AvgIpc) is 2.85. The van der Waals surface area contributed by atoms with Gasteiger partial charge in [-0.25, -0.2) is 9.97 Å². The lowest BCUT2D eigenvalue weighted by Crippen LogP contribution is -2.19. The Balaban J connectivity index is 0.00000684. The van der Waals surface area contributed by atoms with E-state index in [0.717, 1.165) is 76.2 Å². The molecular weight excluding hydrogens is 653 g/mol. The van der Waals surface area contributed by atoms with Crippen molar-refractivity contribution in [2.75, 3.05) is 50.9 Å². The van der Waals surface area contributed by atoms with Gasteiger partial charge in [-0.05, 0) is 63.7 Å². The van der Waals surface area contributed by atoms with E-state index in [1.54, 1.807) is 24.5 Å². The first kappa shape index (κ1) is 38.3. The molecule has 6 nitrogen and oxygen atoms in total. The summed E-state index contributed by atoms with van der Waals surface area (Å²) in [4.78, 5) is 8.18. The van der Waals surface area contributed by atoms with Crippen LogP contribution in [0.5, 0.6) is 11.8 Å². The molecule has 14 heteroatoms. The van der Waals surface area contributed by atoms with Crippen molar-refractivity contribution in [3.05, 3.63) is 44.6 Å². The van der Waals surface area contributed by atoms with Crippen LogP contribution in [0.25, 0.3) is 0 Å². The van der Waals surface area contributed by atoms with E-state index in [0.29, 0.717) is 45.1 Å². The highest BCUT2D eigenvalue weighted by molar-refractivity contribution is 8.76. The summed E-state index contributed by atoms with van der Waals surface area (Å²) in [6.07, 6.45) is 9.50. The van der Waals surface area contributed by atoms with Crippen molar-refractivity contribution in [2.45, 2.75) is 38.5 Å². The molecule has 0 spiro atoms. The van der Waals surface area contributed by atoms with Crippen LogP contribution in [-0.2, 0) is 0 Å². The molecule has 0 fully saturated rings. The van der Waals surface area contributed by atoms with Gasteiger partial charge >= 0.3 is 0 Å². The summed E-state index contributed by atoms with van der Waals surface area (Å²) in [6, 6.07) is 3.28. The van der Waals surface area contributed by atoms with Gasteiger partial charge in [0.05, 0.1) is 23.3 Å². The summed E-state index contributed by atoms with van der Waals surface area (Å²) < 4.78 is 11.2. The van der Waals surface area contributed by atoms with Crippen LogP contribution in [0.4, 0.5) is 0 Å². The van der Waals surface area contributed by atoms with Gasteiger partial charge in [-0.15, -0.1) is 24.8 Å². The van der Waals surface area contributed by atoms with Gasteiger partial charge in [-0.2, -0.15) is 0 Å². The van der Waals surface area contributed by atoms with E-state index in [9.17, 15) is 0 Å². The molecule has 2 aromatic rings. The highest BCUT2D eigenvalue weighted by Gasteiger charge is 2.05. The lowest BCUT2D eigenvalue weighted by Gasteiger charge is -2.08. The Bertz CT molecular complexity index is 807. The van der Waals surface area contributed by atoms with E-state index in [2.05, 4.69) is 20.6 Å². The highest BCUT2D eigenvalue weighted by atomic mass is 35.5. The third-order valence-electron chi connectivity index (χ3n) is 4.83. The molecule has 2 aromatic heterocycles. The molecule has 0 aromatic carbocycles. The van der Waals surface area contributed by atoms with Crippen LogP contribution in [0.1, 0.15) is 38.5 Å². The molecule has 0 aliphatic rings. The maximum absolute atomic E-state index is 6.04. The molecule has 0 unspecified atom stereocenters. The predicted octanol–water partition coefficient (Wildman–Crippen LogP) is 8.29. The Hall–Kier alpha value is 0.260. The van der Waals surface area contributed by atoms with Gasteiger partial charge in [0, 0.05) is 37.0 Å². The summed E-state index contributed by atoms with van der Waals surface area (Å²) in [5.41, 5.74) is 0. The Morgan fingerprint density at radius 3 is 1.42 bits per heavy atom. The second-order valence-electron chi connectivity index (χ2n) is 7.84. The van der Waals surface area contributed by atoms with Crippen molar-refractivity contribution in [3.8, 4) is 11.8 Å². The minimum Gasteiger partial charge on any atom is -0.477 e. The molecule has 0 aliphatic heterocycles. The van der Waals surface area contributed by atoms with Crippen LogP contribution in [0, 0.1) is 0 Å². The van der Waals surface area contributed by atoms with E-state index in [1.807, 2.05) is 21.6 Å².